The van der Waals surface area contributed by atoms with Crippen molar-refractivity contribution < 1.29 is 14.6 Å². The third-order valence-electron chi connectivity index (χ3n) is 2.23. The van der Waals surface area contributed by atoms with E-state index in [1.165, 1.54) is 7.11 Å². The summed E-state index contributed by atoms with van der Waals surface area (Å²) in [4.78, 5) is 10.8. The number of rotatable bonds is 1. The Balaban J connectivity index is 2.57. The van der Waals surface area contributed by atoms with Crippen molar-refractivity contribution in [3.8, 4) is 0 Å². The molecule has 0 aromatic rings. The van der Waals surface area contributed by atoms with Gasteiger partial charge in [0.2, 0.25) is 0 Å². The maximum atomic E-state index is 10.8. The third-order valence-corrected chi connectivity index (χ3v) is 2.23. The standard InChI is InChI=1S/C7H12O3/c1-7(2)4(5(7)8)6(9)10-3/h4-5,8H,1-3H3. The quantitative estimate of drug-likeness (QED) is 0.534. The Bertz CT molecular complexity index is 162. The first-order chi connectivity index (χ1) is 4.51. The molecule has 1 aliphatic rings. The highest BCUT2D eigenvalue weighted by molar-refractivity contribution is 5.78. The first-order valence-corrected chi connectivity index (χ1v) is 3.27. The van der Waals surface area contributed by atoms with Gasteiger partial charge in [0, 0.05) is 5.41 Å². The van der Waals surface area contributed by atoms with E-state index < -0.39 is 6.10 Å². The minimum atomic E-state index is -0.514. The zero-order chi connectivity index (χ0) is 7.94. The van der Waals surface area contributed by atoms with Crippen LogP contribution in [0.25, 0.3) is 0 Å². The first kappa shape index (κ1) is 7.54. The predicted molar refractivity (Wildman–Crippen MR) is 35.3 cm³/mol. The summed E-state index contributed by atoms with van der Waals surface area (Å²) in [6, 6.07) is 0. The lowest BCUT2D eigenvalue weighted by atomic mass is 10.1. The molecule has 0 saturated heterocycles. The van der Waals surface area contributed by atoms with Gasteiger partial charge in [0.1, 0.15) is 0 Å². The highest BCUT2D eigenvalue weighted by Crippen LogP contribution is 2.52. The van der Waals surface area contributed by atoms with E-state index in [1.54, 1.807) is 0 Å². The van der Waals surface area contributed by atoms with Crippen LogP contribution < -0.4 is 0 Å². The van der Waals surface area contributed by atoms with Crippen molar-refractivity contribution in [2.75, 3.05) is 7.11 Å². The van der Waals surface area contributed by atoms with Gasteiger partial charge in [-0.25, -0.2) is 0 Å². The molecule has 0 aliphatic heterocycles. The number of aliphatic hydroxyl groups is 1. The molecule has 0 radical (unpaired) electrons. The van der Waals surface area contributed by atoms with E-state index in [-0.39, 0.29) is 17.3 Å². The number of carbonyl (C=O) groups excluding carboxylic acids is 1. The minimum Gasteiger partial charge on any atom is -0.469 e. The van der Waals surface area contributed by atoms with Gasteiger partial charge < -0.3 is 9.84 Å². The van der Waals surface area contributed by atoms with Crippen LogP contribution in [-0.4, -0.2) is 24.3 Å². The van der Waals surface area contributed by atoms with Crippen LogP contribution >= 0.6 is 0 Å². The topological polar surface area (TPSA) is 46.5 Å². The van der Waals surface area contributed by atoms with Crippen molar-refractivity contribution in [3.05, 3.63) is 0 Å². The summed E-state index contributed by atoms with van der Waals surface area (Å²) in [5.41, 5.74) is -0.271. The zero-order valence-electron chi connectivity index (χ0n) is 6.42. The predicted octanol–water partition coefficient (Wildman–Crippen LogP) is 0.176. The Hall–Kier alpha value is -0.570. The summed E-state index contributed by atoms with van der Waals surface area (Å²) in [5.74, 6) is -0.616. The number of esters is 1. The fourth-order valence-electron chi connectivity index (χ4n) is 1.17. The van der Waals surface area contributed by atoms with E-state index in [2.05, 4.69) is 4.74 Å². The van der Waals surface area contributed by atoms with Crippen molar-refractivity contribution in [2.24, 2.45) is 11.3 Å². The zero-order valence-corrected chi connectivity index (χ0v) is 6.42. The Morgan fingerprint density at radius 2 is 2.00 bits per heavy atom. The number of carbonyl (C=O) groups is 1. The lowest BCUT2D eigenvalue weighted by molar-refractivity contribution is -0.143. The van der Waals surface area contributed by atoms with Crippen LogP contribution in [0.4, 0.5) is 0 Å². The summed E-state index contributed by atoms with van der Waals surface area (Å²) in [6.07, 6.45) is -0.514. The van der Waals surface area contributed by atoms with E-state index in [1.807, 2.05) is 13.8 Å². The maximum Gasteiger partial charge on any atom is 0.311 e. The second kappa shape index (κ2) is 1.95. The van der Waals surface area contributed by atoms with E-state index in [4.69, 9.17) is 5.11 Å². The van der Waals surface area contributed by atoms with Crippen LogP contribution in [0.5, 0.6) is 0 Å². The van der Waals surface area contributed by atoms with Gasteiger partial charge in [-0.05, 0) is 0 Å². The highest BCUT2D eigenvalue weighted by atomic mass is 16.5. The van der Waals surface area contributed by atoms with Gasteiger partial charge in [-0.15, -0.1) is 0 Å². The number of aliphatic hydroxyl groups excluding tert-OH is 1. The van der Waals surface area contributed by atoms with Crippen LogP contribution in [0.3, 0.4) is 0 Å². The molecule has 10 heavy (non-hydrogen) atoms. The van der Waals surface area contributed by atoms with Crippen molar-refractivity contribution in [1.82, 2.24) is 0 Å². The second-order valence-corrected chi connectivity index (χ2v) is 3.27. The summed E-state index contributed by atoms with van der Waals surface area (Å²) in [5, 5.41) is 9.15. The highest BCUT2D eigenvalue weighted by Gasteiger charge is 2.62. The number of ether oxygens (including phenoxy) is 1. The summed E-state index contributed by atoms with van der Waals surface area (Å²) < 4.78 is 4.48. The smallest absolute Gasteiger partial charge is 0.311 e. The van der Waals surface area contributed by atoms with Gasteiger partial charge in [-0.3, -0.25) is 4.79 Å². The molecule has 0 bridgehead atoms. The SMILES string of the molecule is COC(=O)C1C(O)C1(C)C. The Kier molecular flexibility index (Phi) is 1.47. The Morgan fingerprint density at radius 1 is 1.60 bits per heavy atom. The molecule has 0 amide bonds. The van der Waals surface area contributed by atoms with Crippen molar-refractivity contribution in [1.29, 1.82) is 0 Å². The average molecular weight is 144 g/mol. The molecule has 0 aromatic heterocycles. The van der Waals surface area contributed by atoms with Gasteiger partial charge >= 0.3 is 5.97 Å². The fourth-order valence-corrected chi connectivity index (χ4v) is 1.17. The van der Waals surface area contributed by atoms with Crippen molar-refractivity contribution in [3.63, 3.8) is 0 Å². The molecular weight excluding hydrogens is 132 g/mol. The molecule has 0 aromatic carbocycles. The Labute approximate surface area is 60.0 Å². The van der Waals surface area contributed by atoms with Gasteiger partial charge in [-0.1, -0.05) is 13.8 Å². The summed E-state index contributed by atoms with van der Waals surface area (Å²) in [6.45, 7) is 3.69. The number of methoxy groups -OCH3 is 1. The largest absolute Gasteiger partial charge is 0.469 e. The molecule has 1 aliphatic carbocycles. The molecule has 3 heteroatoms. The van der Waals surface area contributed by atoms with Crippen molar-refractivity contribution >= 4 is 5.97 Å². The monoisotopic (exact) mass is 144 g/mol. The van der Waals surface area contributed by atoms with Crippen LogP contribution in [-0.2, 0) is 9.53 Å². The normalized spacial score (nSPS) is 35.2. The molecular formula is C7H12O3. The van der Waals surface area contributed by atoms with Crippen LogP contribution in [0.1, 0.15) is 13.8 Å². The molecule has 0 heterocycles. The van der Waals surface area contributed by atoms with E-state index in [0.29, 0.717) is 0 Å². The molecule has 1 N–H and O–H groups in total. The van der Waals surface area contributed by atoms with E-state index >= 15 is 0 Å². The number of hydrogen-bond acceptors (Lipinski definition) is 3. The van der Waals surface area contributed by atoms with E-state index in [0.717, 1.165) is 0 Å². The van der Waals surface area contributed by atoms with Crippen LogP contribution in [0, 0.1) is 11.3 Å². The first-order valence-electron chi connectivity index (χ1n) is 3.27. The summed E-state index contributed by atoms with van der Waals surface area (Å²) >= 11 is 0. The molecule has 3 nitrogen and oxygen atoms in total. The van der Waals surface area contributed by atoms with Crippen molar-refractivity contribution in [2.45, 2.75) is 20.0 Å². The third kappa shape index (κ3) is 0.814. The number of hydrogen-bond donors (Lipinski definition) is 1. The molecule has 1 fully saturated rings. The van der Waals surface area contributed by atoms with Gasteiger partial charge in [0.15, 0.2) is 0 Å². The Morgan fingerprint density at radius 3 is 2.10 bits per heavy atom. The molecule has 0 spiro atoms. The molecule has 2 atom stereocenters. The lowest BCUT2D eigenvalue weighted by Gasteiger charge is -1.97. The van der Waals surface area contributed by atoms with Crippen LogP contribution in [0.2, 0.25) is 0 Å². The van der Waals surface area contributed by atoms with Gasteiger partial charge in [0.25, 0.3) is 0 Å². The minimum absolute atomic E-state index is 0.271. The fraction of sp³-hybridized carbons (Fsp3) is 0.857. The molecule has 1 saturated carbocycles. The van der Waals surface area contributed by atoms with E-state index in [9.17, 15) is 4.79 Å². The summed E-state index contributed by atoms with van der Waals surface area (Å²) in [7, 11) is 1.34. The maximum absolute atomic E-state index is 10.8. The molecule has 58 valence electrons. The lowest BCUT2D eigenvalue weighted by Crippen LogP contribution is -2.07. The average Bonchev–Trinajstić information content (AvgIpc) is 2.33. The van der Waals surface area contributed by atoms with Crippen LogP contribution in [0.15, 0.2) is 0 Å². The van der Waals surface area contributed by atoms with Gasteiger partial charge in [-0.2, -0.15) is 0 Å². The molecule has 2 unspecified atom stereocenters. The van der Waals surface area contributed by atoms with Gasteiger partial charge in [0.05, 0.1) is 19.1 Å². The second-order valence-electron chi connectivity index (χ2n) is 3.27. The molecule has 1 rings (SSSR count).